The van der Waals surface area contributed by atoms with Crippen molar-refractivity contribution in [2.45, 2.75) is 4.90 Å². The third-order valence-electron chi connectivity index (χ3n) is 3.26. The van der Waals surface area contributed by atoms with Gasteiger partial charge in [0.1, 0.15) is 11.6 Å². The van der Waals surface area contributed by atoms with E-state index in [1.165, 1.54) is 12.1 Å². The fourth-order valence-corrected chi connectivity index (χ4v) is 2.64. The molecule has 0 radical (unpaired) electrons. The average Bonchev–Trinajstić information content (AvgIpc) is 2.46. The average molecular weight is 328 g/mol. The molecular weight excluding hydrogens is 317 g/mol. The summed E-state index contributed by atoms with van der Waals surface area (Å²) in [7, 11) is 0. The summed E-state index contributed by atoms with van der Waals surface area (Å²) in [5.41, 5.74) is 0.936. The summed E-state index contributed by atoms with van der Waals surface area (Å²) in [5.74, 6) is -1.24. The number of hydrogen-bond acceptors (Lipinski definition) is 1. The van der Waals surface area contributed by atoms with E-state index in [2.05, 4.69) is 0 Å². The Morgan fingerprint density at radius 2 is 1.59 bits per heavy atom. The van der Waals surface area contributed by atoms with E-state index in [0.717, 1.165) is 16.8 Å². The third-order valence-corrected chi connectivity index (χ3v) is 3.91. The van der Waals surface area contributed by atoms with Crippen LogP contribution in [0.4, 0.5) is 8.78 Å². The molecule has 0 aliphatic carbocycles. The zero-order valence-corrected chi connectivity index (χ0v) is 14.5. The zero-order chi connectivity index (χ0) is 15.0. The van der Waals surface area contributed by atoms with Crippen molar-refractivity contribution in [3.05, 3.63) is 66.2 Å². The van der Waals surface area contributed by atoms with Crippen LogP contribution in [0.2, 0.25) is 0 Å². The van der Waals surface area contributed by atoms with Gasteiger partial charge in [-0.05, 0) is 46.7 Å². The van der Waals surface area contributed by atoms with Gasteiger partial charge in [-0.3, -0.25) is 0 Å². The predicted molar refractivity (Wildman–Crippen MR) is 79.4 cm³/mol. The van der Waals surface area contributed by atoms with E-state index in [-0.39, 0.29) is 31.0 Å². The summed E-state index contributed by atoms with van der Waals surface area (Å²) in [5, 5.41) is 1.59. The van der Waals surface area contributed by atoms with Crippen LogP contribution in [0.3, 0.4) is 0 Å². The van der Waals surface area contributed by atoms with Crippen molar-refractivity contribution in [1.82, 2.24) is 0 Å². The number of hydrogen-bond donors (Lipinski definition) is 1. The van der Waals surface area contributed by atoms with Crippen LogP contribution in [0.5, 0.6) is 0 Å². The number of benzene rings is 3. The predicted octanol–water partition coefficient (Wildman–Crippen LogP) is 1.48. The molecule has 3 aromatic carbocycles. The molecule has 0 saturated carbocycles. The smallest absolute Gasteiger partial charge is 1.00 e. The molecule has 0 saturated heterocycles. The van der Waals surface area contributed by atoms with Gasteiger partial charge in [-0.15, -0.1) is 0 Å². The fourth-order valence-electron chi connectivity index (χ4n) is 2.22. The molecule has 0 aliphatic heterocycles. The second-order valence-electron chi connectivity index (χ2n) is 4.60. The van der Waals surface area contributed by atoms with Crippen LogP contribution >= 0.6 is 0 Å². The molecule has 1 unspecified atom stereocenters. The van der Waals surface area contributed by atoms with E-state index >= 15 is 0 Å². The first-order valence-corrected chi connectivity index (χ1v) is 7.25. The summed E-state index contributed by atoms with van der Waals surface area (Å²) < 4.78 is 46.8. The standard InChI is InChI=1S/C16H10F2O2S.Na.H/c17-13-4-6-15(16(18)9-13)12-2-1-11-8-14(21(19)20)5-3-10(11)7-12;;/h1-9H,(H,19,20);;/q;+1;-1. The van der Waals surface area contributed by atoms with Gasteiger partial charge in [0.05, 0.1) is 4.90 Å². The molecule has 108 valence electrons. The first kappa shape index (κ1) is 17.2. The van der Waals surface area contributed by atoms with Crippen LogP contribution in [0, 0.1) is 11.6 Å². The molecule has 0 heterocycles. The second-order valence-corrected chi connectivity index (χ2v) is 5.57. The summed E-state index contributed by atoms with van der Waals surface area (Å²) in [6.45, 7) is 0. The van der Waals surface area contributed by atoms with E-state index < -0.39 is 22.7 Å². The van der Waals surface area contributed by atoms with Crippen molar-refractivity contribution in [2.75, 3.05) is 0 Å². The van der Waals surface area contributed by atoms with Gasteiger partial charge in [-0.25, -0.2) is 13.0 Å². The molecule has 0 amide bonds. The fraction of sp³-hybridized carbons (Fsp3) is 0. The van der Waals surface area contributed by atoms with E-state index in [1.54, 1.807) is 36.4 Å². The molecule has 0 fully saturated rings. The number of rotatable bonds is 2. The van der Waals surface area contributed by atoms with Crippen LogP contribution < -0.4 is 29.6 Å². The molecule has 6 heteroatoms. The van der Waals surface area contributed by atoms with Gasteiger partial charge in [0.25, 0.3) is 0 Å². The minimum atomic E-state index is -2.03. The van der Waals surface area contributed by atoms with Crippen molar-refractivity contribution in [3.8, 4) is 11.1 Å². The molecule has 1 atom stereocenters. The second kappa shape index (κ2) is 6.98. The molecule has 1 N–H and O–H groups in total. The van der Waals surface area contributed by atoms with Gasteiger partial charge in [-0.2, -0.15) is 0 Å². The van der Waals surface area contributed by atoms with Gasteiger partial charge in [-0.1, -0.05) is 18.2 Å². The molecule has 0 bridgehead atoms. The maximum atomic E-state index is 13.8. The monoisotopic (exact) mass is 328 g/mol. The Morgan fingerprint density at radius 1 is 0.909 bits per heavy atom. The van der Waals surface area contributed by atoms with Crippen molar-refractivity contribution in [2.24, 2.45) is 0 Å². The Labute approximate surface area is 152 Å². The minimum absolute atomic E-state index is 0. The van der Waals surface area contributed by atoms with E-state index in [1.807, 2.05) is 0 Å². The van der Waals surface area contributed by atoms with Gasteiger partial charge in [0.15, 0.2) is 11.1 Å². The van der Waals surface area contributed by atoms with Gasteiger partial charge < -0.3 is 5.98 Å². The molecule has 0 spiro atoms. The van der Waals surface area contributed by atoms with Crippen LogP contribution in [0.1, 0.15) is 1.43 Å². The molecular formula is C16H11F2NaO2S. The molecule has 2 nitrogen and oxygen atoms in total. The van der Waals surface area contributed by atoms with Crippen molar-refractivity contribution in [1.29, 1.82) is 0 Å². The van der Waals surface area contributed by atoms with Crippen LogP contribution in [-0.4, -0.2) is 8.76 Å². The van der Waals surface area contributed by atoms with Crippen LogP contribution in [0.15, 0.2) is 59.5 Å². The summed E-state index contributed by atoms with van der Waals surface area (Å²) >= 11 is -2.03. The quantitative estimate of drug-likeness (QED) is 0.572. The first-order chi connectivity index (χ1) is 10.0. The van der Waals surface area contributed by atoms with Crippen LogP contribution in [0.25, 0.3) is 21.9 Å². The molecule has 3 rings (SSSR count). The Bertz CT molecular complexity index is 874. The maximum absolute atomic E-state index is 13.8. The van der Waals surface area contributed by atoms with Gasteiger partial charge in [0, 0.05) is 11.6 Å². The molecule has 0 aliphatic rings. The molecule has 3 aromatic rings. The minimum Gasteiger partial charge on any atom is -1.00 e. The van der Waals surface area contributed by atoms with E-state index in [4.69, 9.17) is 4.55 Å². The number of halogens is 2. The summed E-state index contributed by atoms with van der Waals surface area (Å²) in [6, 6.07) is 13.5. The van der Waals surface area contributed by atoms with E-state index in [9.17, 15) is 13.0 Å². The summed E-state index contributed by atoms with van der Waals surface area (Å²) in [6.07, 6.45) is 0. The number of fused-ring (bicyclic) bond motifs is 1. The van der Waals surface area contributed by atoms with Gasteiger partial charge >= 0.3 is 29.6 Å². The van der Waals surface area contributed by atoms with Crippen molar-refractivity contribution in [3.63, 3.8) is 0 Å². The Kier molecular flexibility index (Phi) is 5.47. The summed E-state index contributed by atoms with van der Waals surface area (Å²) in [4.78, 5) is 0.309. The Morgan fingerprint density at radius 3 is 2.27 bits per heavy atom. The van der Waals surface area contributed by atoms with Gasteiger partial charge in [0.2, 0.25) is 0 Å². The SMILES string of the molecule is O=S(O)c1ccc2cc(-c3ccc(F)cc3F)ccc2c1.[H-].[Na+]. The first-order valence-electron chi connectivity index (χ1n) is 6.15. The molecule has 22 heavy (non-hydrogen) atoms. The zero-order valence-electron chi connectivity index (χ0n) is 12.7. The Balaban J connectivity index is 0.00000132. The largest absolute Gasteiger partial charge is 1.00 e. The van der Waals surface area contributed by atoms with E-state index in [0.29, 0.717) is 16.0 Å². The maximum Gasteiger partial charge on any atom is 1.00 e. The van der Waals surface area contributed by atoms with Crippen molar-refractivity contribution >= 4 is 21.9 Å². The normalized spacial score (nSPS) is 12.0. The van der Waals surface area contributed by atoms with Crippen LogP contribution in [-0.2, 0) is 11.1 Å². The molecule has 0 aromatic heterocycles. The van der Waals surface area contributed by atoms with Crippen molar-refractivity contribution < 1.29 is 48.5 Å². The topological polar surface area (TPSA) is 37.3 Å². The Hall–Kier alpha value is -1.11. The third kappa shape index (κ3) is 3.45.